The van der Waals surface area contributed by atoms with Crippen LogP contribution in [0.25, 0.3) is 0 Å². The summed E-state index contributed by atoms with van der Waals surface area (Å²) in [5.74, 6) is -1.26. The predicted molar refractivity (Wildman–Crippen MR) is 110 cm³/mol. The maximum atomic E-state index is 13.0. The van der Waals surface area contributed by atoms with Gasteiger partial charge < -0.3 is 14.2 Å². The predicted octanol–water partition coefficient (Wildman–Crippen LogP) is 2.94. The number of epoxide rings is 1. The van der Waals surface area contributed by atoms with Gasteiger partial charge in [0.25, 0.3) is 0 Å². The van der Waals surface area contributed by atoms with Crippen LogP contribution >= 0.6 is 12.4 Å². The summed E-state index contributed by atoms with van der Waals surface area (Å²) in [6.45, 7) is 5.39. The molecule has 7 heteroatoms. The van der Waals surface area contributed by atoms with Crippen LogP contribution in [-0.4, -0.2) is 60.9 Å². The lowest BCUT2D eigenvalue weighted by atomic mass is 9.96. The molecule has 3 fully saturated rings. The summed E-state index contributed by atoms with van der Waals surface area (Å²) in [4.78, 5) is 27.6. The molecule has 4 rings (SSSR count). The van der Waals surface area contributed by atoms with Crippen LogP contribution < -0.4 is 0 Å². The van der Waals surface area contributed by atoms with Crippen molar-refractivity contribution in [3.8, 4) is 0 Å². The van der Waals surface area contributed by atoms with Crippen molar-refractivity contribution < 1.29 is 23.8 Å². The summed E-state index contributed by atoms with van der Waals surface area (Å²) in [6, 6.07) is 10.1. The molecular formula is C22H30ClNO5. The summed E-state index contributed by atoms with van der Waals surface area (Å²) in [7, 11) is 2.13. The van der Waals surface area contributed by atoms with Crippen LogP contribution in [0.4, 0.5) is 0 Å². The molecule has 3 heterocycles. The number of rotatable bonds is 5. The zero-order valence-electron chi connectivity index (χ0n) is 17.4. The van der Waals surface area contributed by atoms with Gasteiger partial charge in [0.2, 0.25) is 0 Å². The second kappa shape index (κ2) is 8.25. The first-order valence-corrected chi connectivity index (χ1v) is 10.1. The molecule has 0 aliphatic carbocycles. The lowest BCUT2D eigenvalue weighted by Crippen LogP contribution is -2.48. The van der Waals surface area contributed by atoms with Gasteiger partial charge in [0, 0.05) is 24.9 Å². The van der Waals surface area contributed by atoms with Crippen LogP contribution in [0.1, 0.15) is 45.1 Å². The van der Waals surface area contributed by atoms with Gasteiger partial charge in [0.15, 0.2) is 0 Å². The number of benzene rings is 1. The van der Waals surface area contributed by atoms with Crippen LogP contribution in [-0.2, 0) is 23.8 Å². The first-order chi connectivity index (χ1) is 13.3. The summed E-state index contributed by atoms with van der Waals surface area (Å²) in [5, 5.41) is 0. The number of morpholine rings is 1. The highest BCUT2D eigenvalue weighted by Gasteiger charge is 2.62. The van der Waals surface area contributed by atoms with Crippen molar-refractivity contribution in [2.24, 2.45) is 5.41 Å². The number of likely N-dealkylation sites (N-methyl/N-ethyl adjacent to an activating group) is 1. The second-order valence-electron chi connectivity index (χ2n) is 9.21. The molecule has 0 aromatic heterocycles. The number of halogens is 1. The number of fused-ring (bicyclic) bond motifs is 5. The van der Waals surface area contributed by atoms with Crippen molar-refractivity contribution in [2.45, 2.75) is 69.9 Å². The van der Waals surface area contributed by atoms with Crippen molar-refractivity contribution in [3.05, 3.63) is 35.9 Å². The highest BCUT2D eigenvalue weighted by Crippen LogP contribution is 2.48. The number of esters is 2. The van der Waals surface area contributed by atoms with E-state index in [1.807, 2.05) is 30.3 Å². The third-order valence-corrected chi connectivity index (χ3v) is 6.14. The number of hydrogen-bond donors (Lipinski definition) is 0. The minimum Gasteiger partial charge on any atom is -0.464 e. The van der Waals surface area contributed by atoms with E-state index in [0.717, 1.165) is 18.4 Å². The molecular weight excluding hydrogens is 394 g/mol. The van der Waals surface area contributed by atoms with Crippen molar-refractivity contribution in [1.82, 2.24) is 4.90 Å². The Kier molecular flexibility index (Phi) is 6.27. The van der Waals surface area contributed by atoms with Gasteiger partial charge in [0.05, 0.1) is 5.41 Å². The Labute approximate surface area is 178 Å². The first kappa shape index (κ1) is 22.1. The SMILES string of the molecule is CN1[C@@H]2CC(OC(=O)[C@H](COC(=O)C(C)(C)C)c3ccccc3)C[C@H]1[C@@H]1O[C@@H]12.Cl. The number of hydrogen-bond acceptors (Lipinski definition) is 6. The van der Waals surface area contributed by atoms with Gasteiger partial charge in [-0.05, 0) is 33.4 Å². The molecule has 160 valence electrons. The molecule has 0 N–H and O–H groups in total. The quantitative estimate of drug-likeness (QED) is 0.535. The van der Waals surface area contributed by atoms with Crippen molar-refractivity contribution >= 4 is 24.3 Å². The highest BCUT2D eigenvalue weighted by molar-refractivity contribution is 5.85. The van der Waals surface area contributed by atoms with E-state index < -0.39 is 11.3 Å². The van der Waals surface area contributed by atoms with E-state index in [-0.39, 0.29) is 37.1 Å². The zero-order chi connectivity index (χ0) is 20.1. The van der Waals surface area contributed by atoms with Crippen LogP contribution in [0.15, 0.2) is 30.3 Å². The zero-order valence-corrected chi connectivity index (χ0v) is 18.2. The van der Waals surface area contributed by atoms with Crippen LogP contribution in [0.2, 0.25) is 0 Å². The maximum absolute atomic E-state index is 13.0. The lowest BCUT2D eigenvalue weighted by molar-refractivity contribution is -0.161. The van der Waals surface area contributed by atoms with Gasteiger partial charge in [-0.15, -0.1) is 12.4 Å². The molecule has 6 nitrogen and oxygen atoms in total. The van der Waals surface area contributed by atoms with Crippen LogP contribution in [0, 0.1) is 5.41 Å². The molecule has 1 aromatic carbocycles. The molecule has 0 radical (unpaired) electrons. The van der Waals surface area contributed by atoms with Gasteiger partial charge in [-0.25, -0.2) is 0 Å². The molecule has 0 amide bonds. The Morgan fingerprint density at radius 3 is 2.28 bits per heavy atom. The van der Waals surface area contributed by atoms with Gasteiger partial charge >= 0.3 is 11.9 Å². The van der Waals surface area contributed by atoms with Gasteiger partial charge in [-0.2, -0.15) is 0 Å². The van der Waals surface area contributed by atoms with Crippen molar-refractivity contribution in [2.75, 3.05) is 13.7 Å². The van der Waals surface area contributed by atoms with Crippen molar-refractivity contribution in [1.29, 1.82) is 0 Å². The number of piperidine rings is 1. The van der Waals surface area contributed by atoms with E-state index in [4.69, 9.17) is 14.2 Å². The standard InChI is InChI=1S/C22H29NO5.ClH/c1-22(2,3)21(25)26-12-15(13-8-6-5-7-9-13)20(24)27-14-10-16-18-19(28-18)17(11-14)23(16)4;/h5-9,14-19H,10-12H2,1-4H3;1H/t14?,15-,16-,17+,18-,19+;/m1./s1. The van der Waals surface area contributed by atoms with Gasteiger partial charge in [-0.3, -0.25) is 14.5 Å². The fourth-order valence-corrected chi connectivity index (χ4v) is 4.40. The monoisotopic (exact) mass is 423 g/mol. The number of carbonyl (C=O) groups excluding carboxylic acids is 2. The number of carbonyl (C=O) groups is 2. The molecule has 1 unspecified atom stereocenters. The van der Waals surface area contributed by atoms with Gasteiger partial charge in [-0.1, -0.05) is 30.3 Å². The Bertz CT molecular complexity index is 731. The topological polar surface area (TPSA) is 68.4 Å². The molecule has 2 bridgehead atoms. The number of nitrogens with zero attached hydrogens (tertiary/aromatic N) is 1. The largest absolute Gasteiger partial charge is 0.464 e. The molecule has 3 aliphatic rings. The molecule has 3 saturated heterocycles. The van der Waals surface area contributed by atoms with Crippen molar-refractivity contribution in [3.63, 3.8) is 0 Å². The fraction of sp³-hybridized carbons (Fsp3) is 0.636. The number of ether oxygens (including phenoxy) is 3. The maximum Gasteiger partial charge on any atom is 0.317 e. The van der Waals surface area contributed by atoms with E-state index in [1.165, 1.54) is 0 Å². The molecule has 0 spiro atoms. The molecule has 29 heavy (non-hydrogen) atoms. The lowest BCUT2D eigenvalue weighted by Gasteiger charge is -2.38. The Morgan fingerprint density at radius 1 is 1.14 bits per heavy atom. The average molecular weight is 424 g/mol. The third kappa shape index (κ3) is 4.44. The Balaban J connectivity index is 0.00000240. The van der Waals surface area contributed by atoms with E-state index >= 15 is 0 Å². The average Bonchev–Trinajstić information content (AvgIpc) is 3.40. The minimum absolute atomic E-state index is 0. The van der Waals surface area contributed by atoms with E-state index in [2.05, 4.69) is 11.9 Å². The summed E-state index contributed by atoms with van der Waals surface area (Å²) >= 11 is 0. The van der Waals surface area contributed by atoms with E-state index in [1.54, 1.807) is 20.8 Å². The minimum atomic E-state index is -0.615. The van der Waals surface area contributed by atoms with E-state index in [9.17, 15) is 9.59 Å². The molecule has 6 atom stereocenters. The van der Waals surface area contributed by atoms with Gasteiger partial charge in [0.1, 0.15) is 30.8 Å². The highest BCUT2D eigenvalue weighted by atomic mass is 35.5. The Morgan fingerprint density at radius 2 is 1.72 bits per heavy atom. The summed E-state index contributed by atoms with van der Waals surface area (Å²) in [5.41, 5.74) is 0.190. The fourth-order valence-electron chi connectivity index (χ4n) is 4.40. The van der Waals surface area contributed by atoms with E-state index in [0.29, 0.717) is 24.3 Å². The molecule has 3 aliphatic heterocycles. The van der Waals surface area contributed by atoms with Crippen LogP contribution in [0.5, 0.6) is 0 Å². The Hall–Kier alpha value is -1.63. The summed E-state index contributed by atoms with van der Waals surface area (Å²) < 4.78 is 17.1. The molecule has 1 aromatic rings. The van der Waals surface area contributed by atoms with Crippen LogP contribution in [0.3, 0.4) is 0 Å². The second-order valence-corrected chi connectivity index (χ2v) is 9.21. The third-order valence-electron chi connectivity index (χ3n) is 6.14. The normalized spacial score (nSPS) is 31.2. The molecule has 0 saturated carbocycles. The summed E-state index contributed by atoms with van der Waals surface area (Å²) in [6.07, 6.45) is 2.08. The smallest absolute Gasteiger partial charge is 0.317 e. The first-order valence-electron chi connectivity index (χ1n) is 10.1.